The lowest BCUT2D eigenvalue weighted by atomic mass is 10.1. The van der Waals surface area contributed by atoms with Crippen LogP contribution in [-0.2, 0) is 6.18 Å². The van der Waals surface area contributed by atoms with Crippen molar-refractivity contribution in [3.63, 3.8) is 0 Å². The Hall–Kier alpha value is -1.28. The molecule has 0 aliphatic rings. The Morgan fingerprint density at radius 1 is 1.24 bits per heavy atom. The van der Waals surface area contributed by atoms with Gasteiger partial charge in [-0.1, -0.05) is 35.2 Å². The molecule has 0 bridgehead atoms. The molecule has 3 nitrogen and oxygen atoms in total. The van der Waals surface area contributed by atoms with Gasteiger partial charge in [0.05, 0.1) is 5.56 Å². The SMILES string of the molecule is CCNc1nnc(S[C@@H](C)c2ccc(C(F)(F)F)cc2)s1. The minimum Gasteiger partial charge on any atom is -0.360 e. The second-order valence-electron chi connectivity index (χ2n) is 4.28. The summed E-state index contributed by atoms with van der Waals surface area (Å²) >= 11 is 2.92. The highest BCUT2D eigenvalue weighted by molar-refractivity contribution is 8.01. The van der Waals surface area contributed by atoms with Crippen LogP contribution in [0.4, 0.5) is 18.3 Å². The normalized spacial score (nSPS) is 13.2. The summed E-state index contributed by atoms with van der Waals surface area (Å²) in [7, 11) is 0. The molecular formula is C13H14F3N3S2. The van der Waals surface area contributed by atoms with Crippen LogP contribution in [-0.4, -0.2) is 16.7 Å². The van der Waals surface area contributed by atoms with Gasteiger partial charge >= 0.3 is 6.18 Å². The van der Waals surface area contributed by atoms with Gasteiger partial charge in [-0.2, -0.15) is 13.2 Å². The van der Waals surface area contributed by atoms with Crippen molar-refractivity contribution in [2.45, 2.75) is 29.6 Å². The highest BCUT2D eigenvalue weighted by Gasteiger charge is 2.30. The Morgan fingerprint density at radius 3 is 2.48 bits per heavy atom. The minimum absolute atomic E-state index is 0.00899. The minimum atomic E-state index is -4.30. The number of hydrogen-bond donors (Lipinski definition) is 1. The van der Waals surface area contributed by atoms with Crippen LogP contribution in [0.3, 0.4) is 0 Å². The van der Waals surface area contributed by atoms with E-state index in [4.69, 9.17) is 0 Å². The van der Waals surface area contributed by atoms with Crippen LogP contribution in [0.15, 0.2) is 28.6 Å². The zero-order valence-corrected chi connectivity index (χ0v) is 13.1. The van der Waals surface area contributed by atoms with Gasteiger partial charge in [-0.3, -0.25) is 0 Å². The lowest BCUT2D eigenvalue weighted by molar-refractivity contribution is -0.137. The quantitative estimate of drug-likeness (QED) is 0.794. The molecule has 0 aliphatic heterocycles. The fourth-order valence-corrected chi connectivity index (χ4v) is 3.73. The number of nitrogens with zero attached hydrogens (tertiary/aromatic N) is 2. The zero-order valence-electron chi connectivity index (χ0n) is 11.4. The summed E-state index contributed by atoms with van der Waals surface area (Å²) in [6.07, 6.45) is -4.30. The number of alkyl halides is 3. The molecule has 1 N–H and O–H groups in total. The van der Waals surface area contributed by atoms with Crippen molar-refractivity contribution in [1.29, 1.82) is 0 Å². The third-order valence-corrected chi connectivity index (χ3v) is 4.84. The van der Waals surface area contributed by atoms with Crippen molar-refractivity contribution in [3.8, 4) is 0 Å². The number of nitrogens with one attached hydrogen (secondary N) is 1. The molecule has 1 heterocycles. The molecule has 0 amide bonds. The molecule has 0 radical (unpaired) electrons. The summed E-state index contributed by atoms with van der Waals surface area (Å²) in [5.41, 5.74) is 0.196. The molecule has 0 saturated carbocycles. The second kappa shape index (κ2) is 6.65. The highest BCUT2D eigenvalue weighted by atomic mass is 32.2. The molecule has 8 heteroatoms. The van der Waals surface area contributed by atoms with E-state index in [1.807, 2.05) is 13.8 Å². The predicted octanol–water partition coefficient (Wildman–Crippen LogP) is 4.84. The molecule has 1 atom stereocenters. The summed E-state index contributed by atoms with van der Waals surface area (Å²) in [6.45, 7) is 4.67. The Morgan fingerprint density at radius 2 is 1.90 bits per heavy atom. The molecule has 0 spiro atoms. The van der Waals surface area contributed by atoms with E-state index in [1.165, 1.54) is 35.2 Å². The maximum absolute atomic E-state index is 12.5. The van der Waals surface area contributed by atoms with Gasteiger partial charge in [-0.25, -0.2) is 0 Å². The smallest absolute Gasteiger partial charge is 0.360 e. The summed E-state index contributed by atoms with van der Waals surface area (Å²) in [5.74, 6) is 0. The molecule has 1 aromatic heterocycles. The number of anilines is 1. The first-order chi connectivity index (χ1) is 9.90. The van der Waals surface area contributed by atoms with E-state index < -0.39 is 11.7 Å². The Labute approximate surface area is 129 Å². The standard InChI is InChI=1S/C13H14F3N3S2/c1-3-17-11-18-19-12(21-11)20-8(2)9-4-6-10(7-5-9)13(14,15)16/h4-8H,3H2,1-2H3,(H,17,18)/t8-/m0/s1. The number of benzene rings is 1. The second-order valence-corrected chi connectivity index (χ2v) is 6.85. The van der Waals surface area contributed by atoms with Crippen molar-refractivity contribution < 1.29 is 13.2 Å². The van der Waals surface area contributed by atoms with E-state index in [0.29, 0.717) is 0 Å². The lowest BCUT2D eigenvalue weighted by Gasteiger charge is -2.11. The van der Waals surface area contributed by atoms with Crippen LogP contribution in [0, 0.1) is 0 Å². The molecule has 1 aromatic carbocycles. The van der Waals surface area contributed by atoms with Crippen molar-refractivity contribution in [3.05, 3.63) is 35.4 Å². The molecule has 0 unspecified atom stereocenters. The molecule has 2 aromatic rings. The van der Waals surface area contributed by atoms with Gasteiger partial charge in [0.15, 0.2) is 4.34 Å². The Kier molecular flexibility index (Phi) is 5.10. The first-order valence-corrected chi connectivity index (χ1v) is 8.01. The fraction of sp³-hybridized carbons (Fsp3) is 0.385. The van der Waals surface area contributed by atoms with Gasteiger partial charge < -0.3 is 5.32 Å². The van der Waals surface area contributed by atoms with Crippen LogP contribution in [0.1, 0.15) is 30.2 Å². The highest BCUT2D eigenvalue weighted by Crippen LogP contribution is 2.38. The van der Waals surface area contributed by atoms with Gasteiger partial charge in [0.1, 0.15) is 0 Å². The third kappa shape index (κ3) is 4.34. The van der Waals surface area contributed by atoms with Crippen LogP contribution in [0.5, 0.6) is 0 Å². The Bertz CT molecular complexity index is 581. The molecule has 0 aliphatic carbocycles. The Balaban J connectivity index is 2.04. The van der Waals surface area contributed by atoms with Crippen LogP contribution < -0.4 is 5.32 Å². The van der Waals surface area contributed by atoms with E-state index in [1.54, 1.807) is 0 Å². The predicted molar refractivity (Wildman–Crippen MR) is 79.8 cm³/mol. The molecule has 21 heavy (non-hydrogen) atoms. The first-order valence-electron chi connectivity index (χ1n) is 6.31. The third-order valence-electron chi connectivity index (χ3n) is 2.72. The molecular weight excluding hydrogens is 319 g/mol. The molecule has 0 fully saturated rings. The number of halogens is 3. The first kappa shape index (κ1) is 16.1. The summed E-state index contributed by atoms with van der Waals surface area (Å²) in [4.78, 5) is 0. The van der Waals surface area contributed by atoms with Crippen molar-refractivity contribution in [1.82, 2.24) is 10.2 Å². The van der Waals surface area contributed by atoms with Crippen LogP contribution in [0.25, 0.3) is 0 Å². The zero-order chi connectivity index (χ0) is 15.5. The number of rotatable bonds is 5. The average molecular weight is 333 g/mol. The molecule has 2 rings (SSSR count). The molecule has 0 saturated heterocycles. The molecule has 114 valence electrons. The summed E-state index contributed by atoms with van der Waals surface area (Å²) in [5, 5.41) is 11.9. The largest absolute Gasteiger partial charge is 0.416 e. The van der Waals surface area contributed by atoms with E-state index in [9.17, 15) is 13.2 Å². The van der Waals surface area contributed by atoms with E-state index >= 15 is 0 Å². The topological polar surface area (TPSA) is 37.8 Å². The number of thioether (sulfide) groups is 1. The van der Waals surface area contributed by atoms with E-state index in [-0.39, 0.29) is 5.25 Å². The van der Waals surface area contributed by atoms with E-state index in [0.717, 1.165) is 33.7 Å². The van der Waals surface area contributed by atoms with Gasteiger partial charge in [-0.15, -0.1) is 10.2 Å². The van der Waals surface area contributed by atoms with Crippen LogP contribution >= 0.6 is 23.1 Å². The fourth-order valence-electron chi connectivity index (χ4n) is 1.64. The van der Waals surface area contributed by atoms with Gasteiger partial charge in [0.2, 0.25) is 5.13 Å². The number of aromatic nitrogens is 2. The average Bonchev–Trinajstić information content (AvgIpc) is 2.86. The monoisotopic (exact) mass is 333 g/mol. The lowest BCUT2D eigenvalue weighted by Crippen LogP contribution is -2.04. The van der Waals surface area contributed by atoms with Gasteiger partial charge in [0.25, 0.3) is 0 Å². The van der Waals surface area contributed by atoms with Crippen molar-refractivity contribution >= 4 is 28.2 Å². The summed E-state index contributed by atoms with van der Waals surface area (Å²) in [6, 6.07) is 5.23. The van der Waals surface area contributed by atoms with Crippen LogP contribution in [0.2, 0.25) is 0 Å². The maximum Gasteiger partial charge on any atom is 0.416 e. The number of hydrogen-bond acceptors (Lipinski definition) is 5. The van der Waals surface area contributed by atoms with Crippen molar-refractivity contribution in [2.75, 3.05) is 11.9 Å². The van der Waals surface area contributed by atoms with Crippen molar-refractivity contribution in [2.24, 2.45) is 0 Å². The maximum atomic E-state index is 12.5. The van der Waals surface area contributed by atoms with E-state index in [2.05, 4.69) is 15.5 Å². The van der Waals surface area contributed by atoms with Gasteiger partial charge in [0, 0.05) is 11.8 Å². The van der Waals surface area contributed by atoms with Gasteiger partial charge in [-0.05, 0) is 31.5 Å². The summed E-state index contributed by atoms with van der Waals surface area (Å²) < 4.78 is 38.3.